The maximum absolute atomic E-state index is 10.3. The Hall–Kier alpha value is -0.120. The molecule has 0 radical (unpaired) electrons. The van der Waals surface area contributed by atoms with E-state index < -0.39 is 0 Å². The van der Waals surface area contributed by atoms with Crippen LogP contribution in [-0.2, 0) is 9.53 Å². The Kier molecular flexibility index (Phi) is 7.77. The molecule has 0 rings (SSSR count). The highest BCUT2D eigenvalue weighted by Crippen LogP contribution is 1.84. The largest absolute Gasteiger partial charge is 1.00 e. The number of ether oxygens (including phenoxy) is 1. The van der Waals surface area contributed by atoms with Gasteiger partial charge in [0.05, 0.1) is 0 Å². The molecule has 1 atom stereocenters. The first-order valence-electron chi connectivity index (χ1n) is 2.66. The van der Waals surface area contributed by atoms with Crippen molar-refractivity contribution >= 4 is 5.91 Å². The van der Waals surface area contributed by atoms with E-state index in [-0.39, 0.29) is 24.4 Å². The van der Waals surface area contributed by atoms with Crippen LogP contribution in [0, 0.1) is 0 Å². The molecule has 9 heavy (non-hydrogen) atoms. The van der Waals surface area contributed by atoms with Gasteiger partial charge in [-0.15, -0.1) is 0 Å². The predicted molar refractivity (Wildman–Crippen MR) is 29.0 cm³/mol. The van der Waals surface area contributed by atoms with Gasteiger partial charge in [0, 0.05) is 6.61 Å². The molecule has 0 aliphatic carbocycles. The highest BCUT2D eigenvalue weighted by Gasteiger charge is 2.09. The summed E-state index contributed by atoms with van der Waals surface area (Å²) < 4.78 is 4.89. The summed E-state index contributed by atoms with van der Waals surface area (Å²) in [6, 6.07) is 0. The molecule has 0 unspecified atom stereocenters. The Morgan fingerprint density at radius 1 is 1.78 bits per heavy atom. The quantitative estimate of drug-likeness (QED) is 0.452. The molecule has 0 saturated heterocycles. The van der Waals surface area contributed by atoms with E-state index in [1.54, 1.807) is 6.92 Å². The Bertz CT molecular complexity index is 87.0. The zero-order chi connectivity index (χ0) is 6.57. The first-order valence-corrected chi connectivity index (χ1v) is 2.66. The summed E-state index contributed by atoms with van der Waals surface area (Å²) in [7, 11) is 0. The van der Waals surface area contributed by atoms with Crippen LogP contribution in [0.5, 0.6) is 0 Å². The van der Waals surface area contributed by atoms with E-state index >= 15 is 0 Å². The van der Waals surface area contributed by atoms with Gasteiger partial charge in [-0.05, 0) is 13.8 Å². The van der Waals surface area contributed by atoms with Crippen LogP contribution in [-0.4, -0.2) is 18.6 Å². The third-order valence-electron chi connectivity index (χ3n) is 0.870. The second-order valence-corrected chi connectivity index (χ2v) is 1.56. The topological polar surface area (TPSA) is 53.9 Å². The fourth-order valence-electron chi connectivity index (χ4n) is 0.343. The number of carbonyl (C=O) groups excluding carboxylic acids is 1. The van der Waals surface area contributed by atoms with Crippen molar-refractivity contribution < 1.29 is 27.7 Å². The molecule has 0 aromatic rings. The number of hydrogen-bond donors (Lipinski definition) is 1. The monoisotopic (exact) mass is 153 g/mol. The van der Waals surface area contributed by atoms with Gasteiger partial charge in [-0.1, -0.05) is 0 Å². The minimum Gasteiger partial charge on any atom is -1.00 e. The highest BCUT2D eigenvalue weighted by atomic mass is 35.5. The molecular formula is C5H12ClNO2. The third-order valence-corrected chi connectivity index (χ3v) is 0.870. The maximum atomic E-state index is 10.3. The minimum absolute atomic E-state index is 0. The van der Waals surface area contributed by atoms with Crippen LogP contribution in [0.3, 0.4) is 0 Å². The molecule has 3 nitrogen and oxygen atoms in total. The molecule has 0 heterocycles. The number of carbonyl (C=O) groups is 1. The number of hydrogen-bond acceptors (Lipinski definition) is 2. The van der Waals surface area contributed by atoms with E-state index in [1.165, 1.54) is 0 Å². The Balaban J connectivity index is 0. The Labute approximate surface area is 61.0 Å². The van der Waals surface area contributed by atoms with Crippen LogP contribution < -0.4 is 18.1 Å². The lowest BCUT2D eigenvalue weighted by atomic mass is 10.4. The Morgan fingerprint density at radius 3 is 2.33 bits per heavy atom. The van der Waals surface area contributed by atoms with Crippen LogP contribution in [0.15, 0.2) is 0 Å². The fraction of sp³-hybridized carbons (Fsp3) is 0.800. The van der Waals surface area contributed by atoms with E-state index in [0.29, 0.717) is 6.61 Å². The summed E-state index contributed by atoms with van der Waals surface area (Å²) in [5.74, 6) is -0.160. The van der Waals surface area contributed by atoms with Gasteiger partial charge in [-0.2, -0.15) is 0 Å². The van der Waals surface area contributed by atoms with Crippen molar-refractivity contribution in [3.8, 4) is 0 Å². The molecule has 3 N–H and O–H groups in total. The second-order valence-electron chi connectivity index (χ2n) is 1.56. The first-order chi connectivity index (χ1) is 3.68. The Morgan fingerprint density at radius 2 is 2.22 bits per heavy atom. The second kappa shape index (κ2) is 6.01. The van der Waals surface area contributed by atoms with Crippen LogP contribution >= 0.6 is 0 Å². The molecule has 0 spiro atoms. The van der Waals surface area contributed by atoms with Crippen molar-refractivity contribution in [3.63, 3.8) is 0 Å². The lowest BCUT2D eigenvalue weighted by molar-refractivity contribution is -0.315. The van der Waals surface area contributed by atoms with Gasteiger partial charge in [0.25, 0.3) is 0 Å². The van der Waals surface area contributed by atoms with Crippen molar-refractivity contribution in [1.82, 2.24) is 0 Å². The molecule has 0 aliphatic heterocycles. The first kappa shape index (κ1) is 11.6. The fourth-order valence-corrected chi connectivity index (χ4v) is 0.343. The van der Waals surface area contributed by atoms with Crippen LogP contribution in [0.4, 0.5) is 0 Å². The van der Waals surface area contributed by atoms with Crippen molar-refractivity contribution in [1.29, 1.82) is 0 Å². The molecule has 4 heteroatoms. The zero-order valence-electron chi connectivity index (χ0n) is 5.69. The summed E-state index contributed by atoms with van der Waals surface area (Å²) in [5, 5.41) is 0. The van der Waals surface area contributed by atoms with Crippen LogP contribution in [0.25, 0.3) is 0 Å². The smallest absolute Gasteiger partial charge is 0.337 e. The minimum atomic E-state index is -0.333. The third kappa shape index (κ3) is 5.76. The molecule has 0 aromatic carbocycles. The standard InChI is InChI=1S/C5H11NO2.ClH/c1-3-8-4(2)5(6)7;/h4H,3H2,1-2H3,(H2,6,7);1H/t4-;/m1./s1. The van der Waals surface area contributed by atoms with Gasteiger partial charge in [0.2, 0.25) is 0 Å². The molecule has 0 fully saturated rings. The van der Waals surface area contributed by atoms with Gasteiger partial charge in [-0.3, -0.25) is 5.73 Å². The van der Waals surface area contributed by atoms with E-state index in [2.05, 4.69) is 5.73 Å². The maximum Gasteiger partial charge on any atom is 0.337 e. The molecule has 1 amide bonds. The van der Waals surface area contributed by atoms with E-state index in [1.807, 2.05) is 6.92 Å². The van der Waals surface area contributed by atoms with Crippen LogP contribution in [0.1, 0.15) is 13.8 Å². The molecule has 0 bridgehead atoms. The summed E-state index contributed by atoms with van der Waals surface area (Å²) >= 11 is 0. The van der Waals surface area contributed by atoms with Gasteiger partial charge >= 0.3 is 5.91 Å². The SMILES string of the molecule is CCO[C@H](C)C([NH3+])=O.[Cl-]. The van der Waals surface area contributed by atoms with Gasteiger partial charge in [-0.25, -0.2) is 4.79 Å². The van der Waals surface area contributed by atoms with Gasteiger partial charge < -0.3 is 17.1 Å². The number of halogens is 1. The van der Waals surface area contributed by atoms with Crippen molar-refractivity contribution in [2.24, 2.45) is 0 Å². The lowest BCUT2D eigenvalue weighted by Gasteiger charge is -2.01. The van der Waals surface area contributed by atoms with Gasteiger partial charge in [0.15, 0.2) is 6.10 Å². The van der Waals surface area contributed by atoms with Gasteiger partial charge in [0.1, 0.15) is 0 Å². The van der Waals surface area contributed by atoms with Crippen molar-refractivity contribution in [2.45, 2.75) is 20.0 Å². The number of quaternary nitrogens is 1. The predicted octanol–water partition coefficient (Wildman–Crippen LogP) is -3.82. The van der Waals surface area contributed by atoms with E-state index in [0.717, 1.165) is 0 Å². The molecule has 56 valence electrons. The van der Waals surface area contributed by atoms with Crippen molar-refractivity contribution in [3.05, 3.63) is 0 Å². The number of rotatable bonds is 3. The summed E-state index contributed by atoms with van der Waals surface area (Å²) in [4.78, 5) is 10.3. The molecule has 0 saturated carbocycles. The average Bonchev–Trinajstić information content (AvgIpc) is 1.67. The zero-order valence-corrected chi connectivity index (χ0v) is 6.44. The average molecular weight is 154 g/mol. The molecule has 0 aliphatic rings. The number of amides is 1. The highest BCUT2D eigenvalue weighted by molar-refractivity contribution is 5.69. The summed E-state index contributed by atoms with van der Waals surface area (Å²) in [5.41, 5.74) is 3.19. The van der Waals surface area contributed by atoms with E-state index in [4.69, 9.17) is 4.74 Å². The summed E-state index contributed by atoms with van der Waals surface area (Å²) in [6.45, 7) is 4.11. The normalized spacial score (nSPS) is 11.9. The van der Waals surface area contributed by atoms with E-state index in [9.17, 15) is 4.79 Å². The molecular weight excluding hydrogens is 142 g/mol. The lowest BCUT2D eigenvalue weighted by Crippen LogP contribution is -3.00. The molecule has 0 aromatic heterocycles. The summed E-state index contributed by atoms with van der Waals surface area (Å²) in [6.07, 6.45) is -0.333. The van der Waals surface area contributed by atoms with Crippen LogP contribution in [0.2, 0.25) is 0 Å². The van der Waals surface area contributed by atoms with Crippen molar-refractivity contribution in [2.75, 3.05) is 6.61 Å².